The molecule has 2 aromatic rings. The molecule has 0 saturated carbocycles. The summed E-state index contributed by atoms with van der Waals surface area (Å²) in [5.74, 6) is -1.35. The Labute approximate surface area is 121 Å². The van der Waals surface area contributed by atoms with Crippen LogP contribution in [0.15, 0.2) is 47.4 Å². The van der Waals surface area contributed by atoms with E-state index in [0.717, 1.165) is 0 Å². The highest BCUT2D eigenvalue weighted by molar-refractivity contribution is 5.97. The standard InChI is InChI=1S/C15H15N3O3/c1-9-7-12(19)11(8-17-9)15(21)18-13(14(16)20)10-5-3-2-4-6-10/h2-8,13H,1H3,(H2,16,20)(H,17,19)(H,18,21). The summed E-state index contributed by atoms with van der Waals surface area (Å²) >= 11 is 0. The van der Waals surface area contributed by atoms with Gasteiger partial charge in [-0.05, 0) is 12.5 Å². The fraction of sp³-hybridized carbons (Fsp3) is 0.133. The Morgan fingerprint density at radius 2 is 1.90 bits per heavy atom. The Morgan fingerprint density at radius 1 is 1.24 bits per heavy atom. The minimum absolute atomic E-state index is 0.0669. The van der Waals surface area contributed by atoms with Crippen molar-refractivity contribution >= 4 is 11.8 Å². The molecule has 21 heavy (non-hydrogen) atoms. The average molecular weight is 285 g/mol. The van der Waals surface area contributed by atoms with Gasteiger partial charge in [0.25, 0.3) is 5.91 Å². The molecule has 1 unspecified atom stereocenters. The normalized spacial score (nSPS) is 11.7. The number of amides is 2. The van der Waals surface area contributed by atoms with Crippen LogP contribution in [-0.4, -0.2) is 16.8 Å². The van der Waals surface area contributed by atoms with E-state index in [1.165, 1.54) is 12.3 Å². The third kappa shape index (κ3) is 3.36. The zero-order chi connectivity index (χ0) is 15.4. The van der Waals surface area contributed by atoms with E-state index in [9.17, 15) is 14.4 Å². The largest absolute Gasteiger partial charge is 0.368 e. The van der Waals surface area contributed by atoms with Crippen molar-refractivity contribution in [2.24, 2.45) is 5.73 Å². The molecule has 108 valence electrons. The van der Waals surface area contributed by atoms with E-state index in [1.807, 2.05) is 0 Å². The van der Waals surface area contributed by atoms with Gasteiger partial charge in [0, 0.05) is 18.0 Å². The zero-order valence-corrected chi connectivity index (χ0v) is 11.4. The fourth-order valence-corrected chi connectivity index (χ4v) is 1.92. The van der Waals surface area contributed by atoms with Crippen molar-refractivity contribution in [3.05, 3.63) is 69.6 Å². The van der Waals surface area contributed by atoms with Crippen molar-refractivity contribution in [2.75, 3.05) is 0 Å². The summed E-state index contributed by atoms with van der Waals surface area (Å²) in [5, 5.41) is 2.48. The molecule has 0 saturated heterocycles. The smallest absolute Gasteiger partial charge is 0.257 e. The molecule has 1 aromatic heterocycles. The maximum absolute atomic E-state index is 12.1. The molecule has 0 aliphatic heterocycles. The first-order valence-corrected chi connectivity index (χ1v) is 6.33. The molecular formula is C15H15N3O3. The minimum atomic E-state index is -0.987. The summed E-state index contributed by atoms with van der Waals surface area (Å²) in [6.45, 7) is 1.71. The number of aryl methyl sites for hydroxylation is 1. The number of aromatic amines is 1. The molecule has 4 N–H and O–H groups in total. The van der Waals surface area contributed by atoms with Crippen LogP contribution in [0.2, 0.25) is 0 Å². The third-order valence-electron chi connectivity index (χ3n) is 2.99. The van der Waals surface area contributed by atoms with Gasteiger partial charge in [-0.25, -0.2) is 0 Å². The van der Waals surface area contributed by atoms with E-state index in [-0.39, 0.29) is 5.56 Å². The van der Waals surface area contributed by atoms with Crippen LogP contribution in [0.1, 0.15) is 27.7 Å². The van der Waals surface area contributed by atoms with Crippen LogP contribution in [-0.2, 0) is 4.79 Å². The number of carbonyl (C=O) groups excluding carboxylic acids is 2. The van der Waals surface area contributed by atoms with Crippen molar-refractivity contribution in [3.8, 4) is 0 Å². The molecule has 0 aliphatic rings. The highest BCUT2D eigenvalue weighted by Gasteiger charge is 2.21. The lowest BCUT2D eigenvalue weighted by molar-refractivity contribution is -0.120. The van der Waals surface area contributed by atoms with Gasteiger partial charge >= 0.3 is 0 Å². The second-order valence-electron chi connectivity index (χ2n) is 4.61. The quantitative estimate of drug-likeness (QED) is 0.767. The highest BCUT2D eigenvalue weighted by atomic mass is 16.2. The molecule has 0 spiro atoms. The number of aromatic nitrogens is 1. The molecule has 6 nitrogen and oxygen atoms in total. The Morgan fingerprint density at radius 3 is 2.48 bits per heavy atom. The van der Waals surface area contributed by atoms with Gasteiger partial charge in [-0.3, -0.25) is 14.4 Å². The van der Waals surface area contributed by atoms with Gasteiger partial charge in [0.2, 0.25) is 5.91 Å². The summed E-state index contributed by atoms with van der Waals surface area (Å²) in [4.78, 5) is 38.2. The van der Waals surface area contributed by atoms with E-state index in [2.05, 4.69) is 10.3 Å². The monoisotopic (exact) mass is 285 g/mol. The lowest BCUT2D eigenvalue weighted by Gasteiger charge is -2.15. The SMILES string of the molecule is Cc1cc(=O)c(C(=O)NC(C(N)=O)c2ccccc2)c[nH]1. The zero-order valence-electron chi connectivity index (χ0n) is 11.4. The summed E-state index contributed by atoms with van der Waals surface area (Å²) in [5.41, 5.74) is 6.04. The lowest BCUT2D eigenvalue weighted by Crippen LogP contribution is -2.39. The second kappa shape index (κ2) is 6.04. The van der Waals surface area contributed by atoms with Crippen LogP contribution in [0.25, 0.3) is 0 Å². The van der Waals surface area contributed by atoms with Crippen molar-refractivity contribution in [1.82, 2.24) is 10.3 Å². The van der Waals surface area contributed by atoms with Crippen LogP contribution < -0.4 is 16.5 Å². The molecule has 0 aliphatic carbocycles. The molecule has 0 radical (unpaired) electrons. The Balaban J connectivity index is 2.27. The highest BCUT2D eigenvalue weighted by Crippen LogP contribution is 2.12. The predicted octanol–water partition coefficient (Wildman–Crippen LogP) is 0.640. The van der Waals surface area contributed by atoms with Crippen LogP contribution in [0, 0.1) is 6.92 Å². The fourth-order valence-electron chi connectivity index (χ4n) is 1.92. The minimum Gasteiger partial charge on any atom is -0.368 e. The van der Waals surface area contributed by atoms with E-state index >= 15 is 0 Å². The maximum atomic E-state index is 12.1. The van der Waals surface area contributed by atoms with E-state index in [1.54, 1.807) is 37.3 Å². The molecule has 0 bridgehead atoms. The lowest BCUT2D eigenvalue weighted by atomic mass is 10.1. The van der Waals surface area contributed by atoms with Crippen molar-refractivity contribution in [3.63, 3.8) is 0 Å². The summed E-state index contributed by atoms with van der Waals surface area (Å²) in [7, 11) is 0. The van der Waals surface area contributed by atoms with Gasteiger partial charge in [-0.2, -0.15) is 0 Å². The Bertz CT molecular complexity index is 722. The Hall–Kier alpha value is -2.89. The first kappa shape index (κ1) is 14.5. The third-order valence-corrected chi connectivity index (χ3v) is 2.99. The van der Waals surface area contributed by atoms with Crippen molar-refractivity contribution in [1.29, 1.82) is 0 Å². The van der Waals surface area contributed by atoms with Gasteiger partial charge in [0.05, 0.1) is 0 Å². The molecule has 1 heterocycles. The molecule has 1 aromatic carbocycles. The molecule has 2 rings (SSSR count). The van der Waals surface area contributed by atoms with E-state index in [4.69, 9.17) is 5.73 Å². The van der Waals surface area contributed by atoms with Crippen molar-refractivity contribution in [2.45, 2.75) is 13.0 Å². The van der Waals surface area contributed by atoms with Gasteiger partial charge in [0.15, 0.2) is 5.43 Å². The van der Waals surface area contributed by atoms with Gasteiger partial charge < -0.3 is 16.0 Å². The molecule has 1 atom stereocenters. The maximum Gasteiger partial charge on any atom is 0.257 e. The number of carbonyl (C=O) groups is 2. The molecule has 0 fully saturated rings. The van der Waals surface area contributed by atoms with Crippen LogP contribution >= 0.6 is 0 Å². The van der Waals surface area contributed by atoms with E-state index in [0.29, 0.717) is 11.3 Å². The second-order valence-corrected chi connectivity index (χ2v) is 4.61. The molecule has 2 amide bonds. The number of benzene rings is 1. The van der Waals surface area contributed by atoms with Gasteiger partial charge in [-0.1, -0.05) is 30.3 Å². The first-order valence-electron chi connectivity index (χ1n) is 6.33. The number of nitrogens with two attached hydrogens (primary N) is 1. The number of hydrogen-bond acceptors (Lipinski definition) is 3. The van der Waals surface area contributed by atoms with Crippen molar-refractivity contribution < 1.29 is 9.59 Å². The summed E-state index contributed by atoms with van der Waals surface area (Å²) < 4.78 is 0. The average Bonchev–Trinajstić information content (AvgIpc) is 2.45. The number of hydrogen-bond donors (Lipinski definition) is 3. The van der Waals surface area contributed by atoms with Crippen LogP contribution in [0.5, 0.6) is 0 Å². The van der Waals surface area contributed by atoms with Crippen LogP contribution in [0.4, 0.5) is 0 Å². The first-order chi connectivity index (χ1) is 9.99. The summed E-state index contributed by atoms with van der Waals surface area (Å²) in [6.07, 6.45) is 1.32. The van der Waals surface area contributed by atoms with Gasteiger partial charge in [0.1, 0.15) is 11.6 Å². The van der Waals surface area contributed by atoms with Gasteiger partial charge in [-0.15, -0.1) is 0 Å². The number of primary amides is 1. The topological polar surface area (TPSA) is 105 Å². The number of nitrogens with one attached hydrogen (secondary N) is 2. The number of H-pyrrole nitrogens is 1. The number of rotatable bonds is 4. The van der Waals surface area contributed by atoms with Crippen LogP contribution in [0.3, 0.4) is 0 Å². The number of pyridine rings is 1. The summed E-state index contributed by atoms with van der Waals surface area (Å²) in [6, 6.07) is 8.93. The predicted molar refractivity (Wildman–Crippen MR) is 77.6 cm³/mol. The Kier molecular flexibility index (Phi) is 4.18. The van der Waals surface area contributed by atoms with E-state index < -0.39 is 23.3 Å². The molecular weight excluding hydrogens is 270 g/mol. The molecule has 6 heteroatoms.